The van der Waals surface area contributed by atoms with E-state index in [1.807, 2.05) is 38.1 Å². The van der Waals surface area contributed by atoms with Crippen LogP contribution in [-0.2, 0) is 42.0 Å². The largest absolute Gasteiger partial charge is 0.489 e. The van der Waals surface area contributed by atoms with Gasteiger partial charge in [0, 0.05) is 19.2 Å². The Morgan fingerprint density at radius 2 is 1.73 bits per heavy atom. The molecule has 7 rings (SSSR count). The normalized spacial score (nSPS) is 24.8. The second kappa shape index (κ2) is 14.8. The van der Waals surface area contributed by atoms with Gasteiger partial charge in [-0.3, -0.25) is 4.90 Å². The second-order valence-corrected chi connectivity index (χ2v) is 16.4. The molecule has 0 radical (unpaired) electrons. The molecule has 0 aromatic heterocycles. The number of halogens is 1. The number of ether oxygens (including phenoxy) is 7. The number of carbonyl (C=O) groups excluding carboxylic acids is 1. The number of sulfonamides is 1. The Hall–Kier alpha value is -3.95. The summed E-state index contributed by atoms with van der Waals surface area (Å²) in [5.41, 5.74) is 0.574. The van der Waals surface area contributed by atoms with Gasteiger partial charge in [0.1, 0.15) is 30.0 Å². The summed E-state index contributed by atoms with van der Waals surface area (Å²) >= 11 is 0. The van der Waals surface area contributed by atoms with Gasteiger partial charge in [-0.05, 0) is 80.1 Å². The van der Waals surface area contributed by atoms with Gasteiger partial charge in [0.2, 0.25) is 16.8 Å². The lowest BCUT2D eigenvalue weighted by Crippen LogP contribution is -2.51. The summed E-state index contributed by atoms with van der Waals surface area (Å²) in [6.45, 7) is 8.76. The minimum absolute atomic E-state index is 0.0101. The van der Waals surface area contributed by atoms with Gasteiger partial charge < -0.3 is 33.2 Å². The predicted molar refractivity (Wildman–Crippen MR) is 186 cm³/mol. The molecule has 52 heavy (non-hydrogen) atoms. The van der Waals surface area contributed by atoms with Gasteiger partial charge in [0.25, 0.3) is 0 Å². The minimum atomic E-state index is -4.03. The maximum atomic E-state index is 14.3. The smallest absolute Gasteiger partial charge is 0.412 e. The van der Waals surface area contributed by atoms with Crippen molar-refractivity contribution in [3.63, 3.8) is 0 Å². The molecule has 14 heteroatoms. The van der Waals surface area contributed by atoms with Crippen LogP contribution in [0.5, 0.6) is 17.2 Å². The van der Waals surface area contributed by atoms with E-state index in [0.717, 1.165) is 17.5 Å². The van der Waals surface area contributed by atoms with E-state index in [1.54, 1.807) is 36.9 Å². The minimum Gasteiger partial charge on any atom is -0.489 e. The average molecular weight is 741 g/mol. The summed E-state index contributed by atoms with van der Waals surface area (Å²) in [5.74, 6) is 1.10. The lowest BCUT2D eigenvalue weighted by Gasteiger charge is -2.34. The summed E-state index contributed by atoms with van der Waals surface area (Å²) < 4.78 is 84.2. The van der Waals surface area contributed by atoms with Gasteiger partial charge in [-0.1, -0.05) is 38.1 Å². The molecular weight excluding hydrogens is 695 g/mol. The fourth-order valence-corrected chi connectivity index (χ4v) is 8.95. The van der Waals surface area contributed by atoms with Crippen LogP contribution in [-0.4, -0.2) is 87.1 Å². The van der Waals surface area contributed by atoms with Crippen molar-refractivity contribution in [2.45, 2.75) is 82.3 Å². The fraction of sp³-hybridized carbons (Fsp3) is 0.500. The third-order valence-corrected chi connectivity index (χ3v) is 11.7. The van der Waals surface area contributed by atoms with Gasteiger partial charge in [-0.2, -0.15) is 4.31 Å². The Bertz CT molecular complexity index is 1840. The van der Waals surface area contributed by atoms with E-state index < -0.39 is 40.1 Å². The van der Waals surface area contributed by atoms with Gasteiger partial charge >= 0.3 is 6.09 Å². The molecule has 3 fully saturated rings. The number of hydrogen-bond donors (Lipinski definition) is 0. The predicted octanol–water partition coefficient (Wildman–Crippen LogP) is 5.73. The molecule has 0 N–H and O–H groups in total. The van der Waals surface area contributed by atoms with E-state index in [4.69, 9.17) is 33.2 Å². The molecule has 3 saturated heterocycles. The van der Waals surface area contributed by atoms with Crippen molar-refractivity contribution in [1.82, 2.24) is 9.21 Å². The second-order valence-electron chi connectivity index (χ2n) is 14.5. The van der Waals surface area contributed by atoms with Crippen molar-refractivity contribution in [2.24, 2.45) is 11.8 Å². The van der Waals surface area contributed by atoms with E-state index >= 15 is 0 Å². The molecule has 0 bridgehead atoms. The van der Waals surface area contributed by atoms with Crippen LogP contribution in [0.3, 0.4) is 0 Å². The standard InChI is InChI=1S/C38H45FN2O10S/c1-24(2)19-40(52(43,44)29-13-14-32-33(18-29)49-23-48-32)20-34-31(17-25-7-11-28(12-8-25)46-21-26-5-9-27(39)10-6-26)41(38(3,4)51-34)37(42)50-35-22-47-36-30(35)15-16-45-36/h5-14,18,24,30-31,34-36H,15-17,19-23H2,1-4H3. The number of rotatable bonds is 12. The van der Waals surface area contributed by atoms with Crippen molar-refractivity contribution >= 4 is 16.1 Å². The zero-order valence-electron chi connectivity index (χ0n) is 29.7. The molecule has 4 heterocycles. The van der Waals surface area contributed by atoms with E-state index in [1.165, 1.54) is 28.6 Å². The van der Waals surface area contributed by atoms with Crippen molar-refractivity contribution in [2.75, 3.05) is 33.1 Å². The summed E-state index contributed by atoms with van der Waals surface area (Å²) in [6, 6.07) is 17.6. The first-order valence-electron chi connectivity index (χ1n) is 17.6. The maximum absolute atomic E-state index is 14.3. The monoisotopic (exact) mass is 740 g/mol. The topological polar surface area (TPSA) is 122 Å². The van der Waals surface area contributed by atoms with Gasteiger partial charge in [-0.25, -0.2) is 17.6 Å². The number of carbonyl (C=O) groups is 1. The zero-order chi connectivity index (χ0) is 36.6. The average Bonchev–Trinajstić information content (AvgIpc) is 3.89. The van der Waals surface area contributed by atoms with E-state index in [-0.39, 0.29) is 61.9 Å². The highest BCUT2D eigenvalue weighted by molar-refractivity contribution is 7.89. The number of benzene rings is 3. The summed E-state index contributed by atoms with van der Waals surface area (Å²) in [4.78, 5) is 15.8. The number of fused-ring (bicyclic) bond motifs is 2. The molecule has 12 nitrogen and oxygen atoms in total. The number of amides is 1. The van der Waals surface area contributed by atoms with Crippen LogP contribution >= 0.6 is 0 Å². The van der Waals surface area contributed by atoms with Crippen LogP contribution in [0.4, 0.5) is 9.18 Å². The van der Waals surface area contributed by atoms with E-state index in [9.17, 15) is 17.6 Å². The first-order valence-corrected chi connectivity index (χ1v) is 19.1. The van der Waals surface area contributed by atoms with Gasteiger partial charge in [0.15, 0.2) is 17.8 Å². The fourth-order valence-electron chi connectivity index (χ4n) is 7.32. The zero-order valence-corrected chi connectivity index (χ0v) is 30.6. The van der Waals surface area contributed by atoms with Crippen molar-refractivity contribution < 1.29 is 50.8 Å². The summed E-state index contributed by atoms with van der Waals surface area (Å²) in [7, 11) is -4.03. The highest BCUT2D eigenvalue weighted by atomic mass is 32.2. The molecule has 1 amide bonds. The maximum Gasteiger partial charge on any atom is 0.412 e. The highest BCUT2D eigenvalue weighted by Gasteiger charge is 2.53. The van der Waals surface area contributed by atoms with Crippen molar-refractivity contribution in [1.29, 1.82) is 0 Å². The molecule has 5 atom stereocenters. The summed E-state index contributed by atoms with van der Waals surface area (Å²) in [5, 5.41) is 0. The van der Waals surface area contributed by atoms with Crippen LogP contribution in [0.1, 0.15) is 45.2 Å². The molecule has 4 aliphatic rings. The van der Waals surface area contributed by atoms with Crippen LogP contribution in [0.15, 0.2) is 71.6 Å². The van der Waals surface area contributed by atoms with E-state index in [0.29, 0.717) is 30.3 Å². The van der Waals surface area contributed by atoms with Crippen LogP contribution in [0, 0.1) is 17.7 Å². The first kappa shape index (κ1) is 36.4. The Morgan fingerprint density at radius 3 is 2.48 bits per heavy atom. The van der Waals surface area contributed by atoms with Crippen LogP contribution < -0.4 is 14.2 Å². The molecule has 3 aromatic carbocycles. The van der Waals surface area contributed by atoms with E-state index in [2.05, 4.69) is 0 Å². The molecule has 0 spiro atoms. The van der Waals surface area contributed by atoms with Crippen LogP contribution in [0.25, 0.3) is 0 Å². The van der Waals surface area contributed by atoms with Crippen LogP contribution in [0.2, 0.25) is 0 Å². The molecule has 0 aliphatic carbocycles. The first-order chi connectivity index (χ1) is 24.9. The lowest BCUT2D eigenvalue weighted by molar-refractivity contribution is -0.0911. The SMILES string of the molecule is CC(C)CN(CC1OC(C)(C)N(C(=O)OC2COC3OCCC23)C1Cc1ccc(OCc2ccc(F)cc2)cc1)S(=O)(=O)c1ccc2c(c1)OCO2. The Labute approximate surface area is 303 Å². The lowest BCUT2D eigenvalue weighted by atomic mass is 9.99. The summed E-state index contributed by atoms with van der Waals surface area (Å²) in [6.07, 6.45) is -1.08. The van der Waals surface area contributed by atoms with Gasteiger partial charge in [-0.15, -0.1) is 0 Å². The highest BCUT2D eigenvalue weighted by Crippen LogP contribution is 2.40. The number of nitrogens with zero attached hydrogens (tertiary/aromatic N) is 2. The third kappa shape index (κ3) is 7.72. The Kier molecular flexibility index (Phi) is 10.4. The van der Waals surface area contributed by atoms with Crippen molar-refractivity contribution in [3.8, 4) is 17.2 Å². The molecular formula is C38H45FN2O10S. The molecule has 5 unspecified atom stereocenters. The quantitative estimate of drug-likeness (QED) is 0.228. The molecule has 0 saturated carbocycles. The Morgan fingerprint density at radius 1 is 1.00 bits per heavy atom. The number of hydrogen-bond acceptors (Lipinski definition) is 10. The molecule has 280 valence electrons. The third-order valence-electron chi connectivity index (χ3n) is 9.84. The van der Waals surface area contributed by atoms with Gasteiger partial charge in [0.05, 0.1) is 36.2 Å². The molecule has 4 aliphatic heterocycles. The Balaban J connectivity index is 1.15. The van der Waals surface area contributed by atoms with Crippen molar-refractivity contribution in [3.05, 3.63) is 83.7 Å². The molecule has 3 aromatic rings.